The van der Waals surface area contributed by atoms with Gasteiger partial charge in [-0.2, -0.15) is 0 Å². The van der Waals surface area contributed by atoms with Gasteiger partial charge in [0.05, 0.1) is 6.67 Å². The summed E-state index contributed by atoms with van der Waals surface area (Å²) in [5.41, 5.74) is 9.91. The van der Waals surface area contributed by atoms with Crippen molar-refractivity contribution >= 4 is 11.1 Å². The molecule has 0 radical (unpaired) electrons. The van der Waals surface area contributed by atoms with Crippen molar-refractivity contribution in [1.29, 1.82) is 0 Å². The monoisotopic (exact) mass is 527 g/mol. The zero-order valence-corrected chi connectivity index (χ0v) is 23.9. The van der Waals surface area contributed by atoms with Crippen LogP contribution in [0.15, 0.2) is 60.7 Å². The van der Waals surface area contributed by atoms with Crippen LogP contribution in [0.1, 0.15) is 79.8 Å². The summed E-state index contributed by atoms with van der Waals surface area (Å²) in [7, 11) is 0. The number of phenols is 1. The Morgan fingerprint density at radius 3 is 2.36 bits per heavy atom. The van der Waals surface area contributed by atoms with E-state index in [1.54, 1.807) is 0 Å². The molecule has 4 heteroatoms. The molecule has 1 aliphatic carbocycles. The number of ether oxygens (including phenoxy) is 1. The minimum atomic E-state index is -0.260. The first-order valence-electron chi connectivity index (χ1n) is 14.5. The maximum atomic E-state index is 12.6. The Morgan fingerprint density at radius 1 is 0.949 bits per heavy atom. The van der Waals surface area contributed by atoms with Crippen LogP contribution < -0.4 is 4.74 Å². The molecule has 1 N–H and O–H groups in total. The second-order valence-corrected chi connectivity index (χ2v) is 12.2. The lowest BCUT2D eigenvalue weighted by atomic mass is 9.84. The van der Waals surface area contributed by atoms with Crippen LogP contribution in [-0.2, 0) is 11.8 Å². The Hall–Kier alpha value is -3.11. The van der Waals surface area contributed by atoms with Gasteiger partial charge in [0.25, 0.3) is 0 Å². The predicted molar refractivity (Wildman–Crippen MR) is 159 cm³/mol. The Kier molecular flexibility index (Phi) is 8.13. The Morgan fingerprint density at radius 2 is 1.67 bits per heavy atom. The van der Waals surface area contributed by atoms with E-state index in [-0.39, 0.29) is 18.2 Å². The lowest BCUT2D eigenvalue weighted by Gasteiger charge is -2.21. The minimum Gasteiger partial charge on any atom is -0.508 e. The second kappa shape index (κ2) is 11.6. The van der Waals surface area contributed by atoms with Crippen LogP contribution in [0, 0.1) is 6.92 Å². The maximum absolute atomic E-state index is 12.6. The summed E-state index contributed by atoms with van der Waals surface area (Å²) in [5, 5.41) is 10.5. The van der Waals surface area contributed by atoms with Crippen LogP contribution in [-0.4, -0.2) is 42.4 Å². The van der Waals surface area contributed by atoms with E-state index in [1.165, 1.54) is 39.0 Å². The number of rotatable bonds is 7. The van der Waals surface area contributed by atoms with E-state index in [0.717, 1.165) is 56.6 Å². The summed E-state index contributed by atoms with van der Waals surface area (Å²) in [6.45, 7) is 11.2. The van der Waals surface area contributed by atoms with E-state index in [2.05, 4.69) is 80.3 Å². The molecule has 1 saturated heterocycles. The molecule has 0 saturated carbocycles. The Labute approximate surface area is 233 Å². The quantitative estimate of drug-likeness (QED) is 0.337. The highest BCUT2D eigenvalue weighted by Gasteiger charge is 2.25. The number of alkyl halides is 1. The summed E-state index contributed by atoms with van der Waals surface area (Å²) in [5.74, 6) is 1.25. The maximum Gasteiger partial charge on any atom is 0.119 e. The number of nitrogens with zero attached hydrogens (tertiary/aromatic N) is 1. The number of benzene rings is 3. The van der Waals surface area contributed by atoms with Gasteiger partial charge < -0.3 is 9.84 Å². The molecule has 1 fully saturated rings. The lowest BCUT2D eigenvalue weighted by molar-refractivity contribution is 0.198. The normalized spacial score (nSPS) is 18.2. The first kappa shape index (κ1) is 27.5. The van der Waals surface area contributed by atoms with Crippen molar-refractivity contribution in [2.45, 2.75) is 71.3 Å². The van der Waals surface area contributed by atoms with E-state index in [0.29, 0.717) is 12.2 Å². The Balaban J connectivity index is 1.50. The molecule has 1 heterocycles. The van der Waals surface area contributed by atoms with E-state index in [9.17, 15) is 9.50 Å². The van der Waals surface area contributed by atoms with Crippen molar-refractivity contribution in [2.24, 2.45) is 0 Å². The van der Waals surface area contributed by atoms with Gasteiger partial charge in [0, 0.05) is 19.6 Å². The first-order valence-corrected chi connectivity index (χ1v) is 14.5. The third-order valence-electron chi connectivity index (χ3n) is 8.38. The zero-order valence-electron chi connectivity index (χ0n) is 23.9. The standard InChI is InChI=1S/C35H42FNO2/c1-24-30-7-5-8-31(25-9-13-27(14-10-25)35(2,3)4)34(32(30)17-18-33(24)38)26-11-15-28(16-12-26)39-29-19-22-37(23-29)21-6-20-36/h9-18,29,38H,5-8,19-23H2,1-4H3/t29-/m0/s1. The molecule has 39 heavy (non-hydrogen) atoms. The van der Waals surface area contributed by atoms with Crippen LogP contribution in [0.5, 0.6) is 11.5 Å². The summed E-state index contributed by atoms with van der Waals surface area (Å²) in [6, 6.07) is 21.6. The highest BCUT2D eigenvalue weighted by Crippen LogP contribution is 2.42. The number of halogens is 1. The van der Waals surface area contributed by atoms with Gasteiger partial charge in [0.2, 0.25) is 0 Å². The number of phenolic OH excluding ortho intramolecular Hbond substituents is 1. The van der Waals surface area contributed by atoms with Gasteiger partial charge in [0.1, 0.15) is 17.6 Å². The molecular weight excluding hydrogens is 485 g/mol. The number of aromatic hydroxyl groups is 1. The fourth-order valence-electron chi connectivity index (χ4n) is 6.09. The molecule has 3 aromatic carbocycles. The van der Waals surface area contributed by atoms with Crippen LogP contribution in [0.3, 0.4) is 0 Å². The number of likely N-dealkylation sites (tertiary alicyclic amines) is 1. The smallest absolute Gasteiger partial charge is 0.119 e. The van der Waals surface area contributed by atoms with Gasteiger partial charge in [-0.3, -0.25) is 9.29 Å². The Bertz CT molecular complexity index is 1320. The highest BCUT2D eigenvalue weighted by molar-refractivity contribution is 6.00. The molecule has 0 amide bonds. The van der Waals surface area contributed by atoms with Gasteiger partial charge in [-0.05, 0) is 107 Å². The van der Waals surface area contributed by atoms with E-state index in [1.807, 2.05) is 13.0 Å². The molecule has 3 aromatic rings. The highest BCUT2D eigenvalue weighted by atomic mass is 19.1. The molecule has 2 aliphatic rings. The molecule has 1 atom stereocenters. The van der Waals surface area contributed by atoms with Crippen molar-refractivity contribution in [3.63, 3.8) is 0 Å². The topological polar surface area (TPSA) is 32.7 Å². The summed E-state index contributed by atoms with van der Waals surface area (Å²) < 4.78 is 18.9. The third-order valence-corrected chi connectivity index (χ3v) is 8.38. The third kappa shape index (κ3) is 6.06. The van der Waals surface area contributed by atoms with Gasteiger partial charge in [0.15, 0.2) is 0 Å². The molecule has 206 valence electrons. The van der Waals surface area contributed by atoms with Gasteiger partial charge in [-0.25, -0.2) is 0 Å². The molecule has 0 unspecified atom stereocenters. The lowest BCUT2D eigenvalue weighted by Crippen LogP contribution is -2.26. The van der Waals surface area contributed by atoms with Crippen molar-refractivity contribution in [3.8, 4) is 11.5 Å². The fraction of sp³-hybridized carbons (Fsp3) is 0.429. The van der Waals surface area contributed by atoms with Crippen LogP contribution in [0.2, 0.25) is 0 Å². The zero-order chi connectivity index (χ0) is 27.6. The first-order chi connectivity index (χ1) is 18.7. The number of hydrogen-bond donors (Lipinski definition) is 1. The van der Waals surface area contributed by atoms with E-state index < -0.39 is 0 Å². The summed E-state index contributed by atoms with van der Waals surface area (Å²) >= 11 is 0. The molecule has 0 aromatic heterocycles. The molecule has 0 bridgehead atoms. The summed E-state index contributed by atoms with van der Waals surface area (Å²) in [4.78, 5) is 2.29. The molecule has 0 spiro atoms. The van der Waals surface area contributed by atoms with Gasteiger partial charge in [-0.15, -0.1) is 0 Å². The molecule has 1 aliphatic heterocycles. The number of fused-ring (bicyclic) bond motifs is 1. The number of hydrogen-bond acceptors (Lipinski definition) is 3. The van der Waals surface area contributed by atoms with Crippen molar-refractivity contribution in [2.75, 3.05) is 26.3 Å². The molecule has 5 rings (SSSR count). The average molecular weight is 528 g/mol. The van der Waals surface area contributed by atoms with Gasteiger partial charge >= 0.3 is 0 Å². The van der Waals surface area contributed by atoms with Crippen molar-refractivity contribution in [1.82, 2.24) is 4.90 Å². The molecule has 3 nitrogen and oxygen atoms in total. The van der Waals surface area contributed by atoms with Crippen LogP contribution in [0.4, 0.5) is 4.39 Å². The summed E-state index contributed by atoms with van der Waals surface area (Å²) in [6.07, 6.45) is 4.69. The SMILES string of the molecule is Cc1c(O)ccc2c1CCCC(c1ccc(C(C)(C)C)cc1)=C2c1ccc(O[C@H]2CCN(CCCF)C2)cc1. The van der Waals surface area contributed by atoms with E-state index >= 15 is 0 Å². The number of allylic oxidation sites excluding steroid dienone is 1. The van der Waals surface area contributed by atoms with Crippen molar-refractivity contribution < 1.29 is 14.2 Å². The van der Waals surface area contributed by atoms with Crippen LogP contribution in [0.25, 0.3) is 11.1 Å². The average Bonchev–Trinajstić information content (AvgIpc) is 3.27. The van der Waals surface area contributed by atoms with Crippen molar-refractivity contribution in [3.05, 3.63) is 94.0 Å². The fourth-order valence-corrected chi connectivity index (χ4v) is 6.09. The predicted octanol–water partition coefficient (Wildman–Crippen LogP) is 8.11. The molecular formula is C35H42FNO2. The minimum absolute atomic E-state index is 0.111. The van der Waals surface area contributed by atoms with E-state index in [4.69, 9.17) is 4.74 Å². The van der Waals surface area contributed by atoms with Crippen LogP contribution >= 0.6 is 0 Å². The largest absolute Gasteiger partial charge is 0.508 e. The van der Waals surface area contributed by atoms with Gasteiger partial charge in [-0.1, -0.05) is 63.2 Å². The second-order valence-electron chi connectivity index (χ2n) is 12.2.